The van der Waals surface area contributed by atoms with E-state index in [1.54, 1.807) is 6.20 Å². The number of aromatic nitrogens is 4. The Kier molecular flexibility index (Phi) is 8.13. The molecule has 240 valence electrons. The highest BCUT2D eigenvalue weighted by atomic mass is 32.2. The Bertz CT molecular complexity index is 1920. The summed E-state index contributed by atoms with van der Waals surface area (Å²) in [6.07, 6.45) is 7.78. The van der Waals surface area contributed by atoms with Crippen molar-refractivity contribution in [2.24, 2.45) is 0 Å². The number of fused-ring (bicyclic) bond motifs is 1. The number of hydrogen-bond acceptors (Lipinski definition) is 10. The molecule has 46 heavy (non-hydrogen) atoms. The summed E-state index contributed by atoms with van der Waals surface area (Å²) in [5, 5.41) is 3.61. The van der Waals surface area contributed by atoms with Crippen molar-refractivity contribution in [3.8, 4) is 11.4 Å². The minimum Gasteiger partial charge on any atom is -0.444 e. The summed E-state index contributed by atoms with van der Waals surface area (Å²) < 4.78 is 29.3. The van der Waals surface area contributed by atoms with Crippen molar-refractivity contribution in [3.05, 3.63) is 72.3 Å². The van der Waals surface area contributed by atoms with E-state index < -0.39 is 21.3 Å². The van der Waals surface area contributed by atoms with Gasteiger partial charge in [-0.25, -0.2) is 23.2 Å². The van der Waals surface area contributed by atoms with Crippen LogP contribution in [0.2, 0.25) is 0 Å². The van der Waals surface area contributed by atoms with Crippen molar-refractivity contribution in [1.82, 2.24) is 30.2 Å². The third-order valence-corrected chi connectivity index (χ3v) is 9.55. The number of hydrogen-bond donors (Lipinski definition) is 1. The summed E-state index contributed by atoms with van der Waals surface area (Å²) in [6, 6.07) is 12.9. The van der Waals surface area contributed by atoms with E-state index in [1.165, 1.54) is 18.5 Å². The minimum atomic E-state index is -3.49. The number of pyridine rings is 4. The number of carbonyl (C=O) groups excluding carboxylic acids is 2. The van der Waals surface area contributed by atoms with Gasteiger partial charge in [-0.15, -0.1) is 0 Å². The third-order valence-electron chi connectivity index (χ3n) is 8.47. The number of piperidine rings is 1. The second kappa shape index (κ2) is 11.9. The first-order valence-electron chi connectivity index (χ1n) is 15.2. The van der Waals surface area contributed by atoms with Gasteiger partial charge >= 0.3 is 6.09 Å². The van der Waals surface area contributed by atoms with Crippen LogP contribution in [0, 0.1) is 0 Å². The molecule has 0 atom stereocenters. The van der Waals surface area contributed by atoms with Crippen LogP contribution in [0.4, 0.5) is 10.6 Å². The number of nitrogens with zero attached hydrogens (tertiary/aromatic N) is 6. The SMILES string of the molecule is CC(C)(C)OC(=O)N1CCC12CCN(c1cccc(-c3ccc4cnc(CNC(=O)c5cncc(S(C)(=O)=O)c5)cc4n3)n1)CC2. The van der Waals surface area contributed by atoms with E-state index in [2.05, 4.69) is 20.2 Å². The zero-order chi connectivity index (χ0) is 32.7. The average Bonchev–Trinajstić information content (AvgIpc) is 3.01. The quantitative estimate of drug-likeness (QED) is 0.321. The summed E-state index contributed by atoms with van der Waals surface area (Å²) in [5.41, 5.74) is 2.24. The van der Waals surface area contributed by atoms with Crippen LogP contribution in [-0.4, -0.2) is 82.3 Å². The molecule has 2 fully saturated rings. The molecule has 0 aliphatic carbocycles. The fourth-order valence-corrected chi connectivity index (χ4v) is 6.47. The number of anilines is 1. The molecular weight excluding hydrogens is 606 g/mol. The van der Waals surface area contributed by atoms with Gasteiger partial charge in [-0.05, 0) is 76.4 Å². The standard InChI is InChI=1S/C33H37N7O5S/c1-32(2,3)45-31(42)40-15-12-33(40)10-13-39(14-11-33)29-7-5-6-26(38-29)27-9-8-22-19-35-24(17-28(22)37-27)20-36-30(41)23-16-25(21-34-18-23)46(4,43)44/h5-9,16-19,21H,10-15,20H2,1-4H3,(H,36,41). The van der Waals surface area contributed by atoms with Crippen LogP contribution in [0.3, 0.4) is 0 Å². The Morgan fingerprint density at radius 1 is 0.957 bits per heavy atom. The molecule has 6 heterocycles. The van der Waals surface area contributed by atoms with Gasteiger partial charge in [0.15, 0.2) is 9.84 Å². The van der Waals surface area contributed by atoms with Crippen molar-refractivity contribution >= 4 is 38.6 Å². The fourth-order valence-electron chi connectivity index (χ4n) is 5.87. The number of carbonyl (C=O) groups is 2. The number of rotatable bonds is 6. The Morgan fingerprint density at radius 2 is 1.70 bits per heavy atom. The van der Waals surface area contributed by atoms with Crippen LogP contribution >= 0.6 is 0 Å². The van der Waals surface area contributed by atoms with Crippen LogP contribution in [0.5, 0.6) is 0 Å². The highest BCUT2D eigenvalue weighted by molar-refractivity contribution is 7.90. The highest BCUT2D eigenvalue weighted by Gasteiger charge is 2.50. The number of nitrogens with one attached hydrogen (secondary N) is 1. The summed E-state index contributed by atoms with van der Waals surface area (Å²) in [6.45, 7) is 8.11. The molecule has 0 saturated carbocycles. The van der Waals surface area contributed by atoms with E-state index in [9.17, 15) is 18.0 Å². The van der Waals surface area contributed by atoms with Gasteiger partial charge in [0.25, 0.3) is 5.91 Å². The van der Waals surface area contributed by atoms with Crippen molar-refractivity contribution < 1.29 is 22.7 Å². The lowest BCUT2D eigenvalue weighted by Gasteiger charge is -2.56. The zero-order valence-electron chi connectivity index (χ0n) is 26.4. The number of amides is 2. The molecule has 13 heteroatoms. The number of likely N-dealkylation sites (tertiary alicyclic amines) is 1. The summed E-state index contributed by atoms with van der Waals surface area (Å²) in [5.74, 6) is 0.408. The monoisotopic (exact) mass is 643 g/mol. The zero-order valence-corrected chi connectivity index (χ0v) is 27.2. The minimum absolute atomic E-state index is 0.0224. The first-order chi connectivity index (χ1) is 21.8. The molecule has 2 amide bonds. The van der Waals surface area contributed by atoms with Crippen molar-refractivity contribution in [2.75, 3.05) is 30.8 Å². The summed E-state index contributed by atoms with van der Waals surface area (Å²) in [7, 11) is -3.49. The molecular formula is C33H37N7O5S. The Hall–Kier alpha value is -4.65. The third kappa shape index (κ3) is 6.64. The fraction of sp³-hybridized carbons (Fsp3) is 0.394. The molecule has 6 rings (SSSR count). The van der Waals surface area contributed by atoms with Crippen molar-refractivity contribution in [1.29, 1.82) is 0 Å². The smallest absolute Gasteiger partial charge is 0.410 e. The van der Waals surface area contributed by atoms with E-state index >= 15 is 0 Å². The Balaban J connectivity index is 1.12. The molecule has 0 unspecified atom stereocenters. The molecule has 0 radical (unpaired) electrons. The highest BCUT2D eigenvalue weighted by Crippen LogP contribution is 2.41. The van der Waals surface area contributed by atoms with Gasteiger partial charge in [-0.1, -0.05) is 6.07 Å². The van der Waals surface area contributed by atoms with E-state index in [0.717, 1.165) is 62.1 Å². The van der Waals surface area contributed by atoms with E-state index in [0.29, 0.717) is 16.9 Å². The van der Waals surface area contributed by atoms with E-state index in [1.807, 2.05) is 62.1 Å². The lowest BCUT2D eigenvalue weighted by atomic mass is 9.76. The van der Waals surface area contributed by atoms with E-state index in [-0.39, 0.29) is 28.6 Å². The Labute approximate surface area is 268 Å². The maximum atomic E-state index is 12.8. The van der Waals surface area contributed by atoms with Crippen molar-refractivity contribution in [2.45, 2.75) is 62.6 Å². The maximum Gasteiger partial charge on any atom is 0.410 e. The summed E-state index contributed by atoms with van der Waals surface area (Å²) >= 11 is 0. The predicted molar refractivity (Wildman–Crippen MR) is 173 cm³/mol. The molecule has 2 saturated heterocycles. The van der Waals surface area contributed by atoms with Gasteiger partial charge in [0.1, 0.15) is 11.4 Å². The lowest BCUT2D eigenvalue weighted by Crippen LogP contribution is -2.66. The number of ether oxygens (including phenoxy) is 1. The topological polar surface area (TPSA) is 148 Å². The predicted octanol–water partition coefficient (Wildman–Crippen LogP) is 4.40. The molecule has 12 nitrogen and oxygen atoms in total. The first kappa shape index (κ1) is 31.3. The summed E-state index contributed by atoms with van der Waals surface area (Å²) in [4.78, 5) is 47.7. The van der Waals surface area contributed by atoms with Gasteiger partial charge < -0.3 is 19.9 Å². The molecule has 2 aliphatic rings. The molecule has 2 aliphatic heterocycles. The average molecular weight is 644 g/mol. The molecule has 4 aromatic rings. The van der Waals surface area contributed by atoms with Crippen LogP contribution < -0.4 is 10.2 Å². The van der Waals surface area contributed by atoms with E-state index in [4.69, 9.17) is 14.7 Å². The second-order valence-corrected chi connectivity index (χ2v) is 14.9. The van der Waals surface area contributed by atoms with Crippen LogP contribution in [0.25, 0.3) is 22.3 Å². The second-order valence-electron chi connectivity index (χ2n) is 12.9. The van der Waals surface area contributed by atoms with Crippen LogP contribution in [-0.2, 0) is 21.1 Å². The molecule has 1 spiro atoms. The molecule has 0 bridgehead atoms. The maximum absolute atomic E-state index is 12.8. The van der Waals surface area contributed by atoms with Crippen molar-refractivity contribution in [3.63, 3.8) is 0 Å². The largest absolute Gasteiger partial charge is 0.444 e. The molecule has 0 aromatic carbocycles. The Morgan fingerprint density at radius 3 is 2.39 bits per heavy atom. The van der Waals surface area contributed by atoms with Gasteiger partial charge in [-0.2, -0.15) is 0 Å². The van der Waals surface area contributed by atoms with Gasteiger partial charge in [-0.3, -0.25) is 14.8 Å². The van der Waals surface area contributed by atoms with Crippen LogP contribution in [0.1, 0.15) is 56.1 Å². The van der Waals surface area contributed by atoms with Gasteiger partial charge in [0.05, 0.1) is 45.1 Å². The number of sulfone groups is 1. The van der Waals surface area contributed by atoms with Gasteiger partial charge in [0.2, 0.25) is 0 Å². The van der Waals surface area contributed by atoms with Crippen LogP contribution in [0.15, 0.2) is 66.0 Å². The lowest BCUT2D eigenvalue weighted by molar-refractivity contribution is -0.0542. The normalized spacial score (nSPS) is 16.3. The first-order valence-corrected chi connectivity index (χ1v) is 17.1. The molecule has 1 N–H and O–H groups in total. The van der Waals surface area contributed by atoms with Gasteiger partial charge in [0, 0.05) is 49.9 Å². The molecule has 4 aromatic heterocycles.